The Morgan fingerprint density at radius 2 is 1.48 bits per heavy atom. The number of halogens is 3. The molecule has 0 radical (unpaired) electrons. The van der Waals surface area contributed by atoms with Gasteiger partial charge in [0.25, 0.3) is 5.91 Å². The highest BCUT2D eigenvalue weighted by atomic mass is 32.2. The van der Waals surface area contributed by atoms with E-state index in [2.05, 4.69) is 15.7 Å². The Morgan fingerprint density at radius 3 is 2.05 bits per heavy atom. The molecule has 0 spiro atoms. The lowest BCUT2D eigenvalue weighted by atomic mass is 10.1. The monoisotopic (exact) mass is 578 g/mol. The number of hydrogen-bond donors (Lipinski definition) is 2. The van der Waals surface area contributed by atoms with E-state index in [1.807, 2.05) is 0 Å². The molecule has 3 aromatic rings. The van der Waals surface area contributed by atoms with E-state index in [1.165, 1.54) is 21.3 Å². The van der Waals surface area contributed by atoms with E-state index in [0.29, 0.717) is 5.69 Å². The van der Waals surface area contributed by atoms with Crippen LogP contribution in [0.4, 0.5) is 18.0 Å². The van der Waals surface area contributed by atoms with Crippen molar-refractivity contribution in [1.29, 1.82) is 0 Å². The minimum absolute atomic E-state index is 0.0516. The van der Waals surface area contributed by atoms with Crippen LogP contribution in [0.15, 0.2) is 71.8 Å². The Morgan fingerprint density at radius 1 is 0.925 bits per heavy atom. The Hall–Kier alpha value is -3.91. The fourth-order valence-electron chi connectivity index (χ4n) is 4.68. The van der Waals surface area contributed by atoms with E-state index in [4.69, 9.17) is 0 Å². The van der Waals surface area contributed by atoms with Crippen molar-refractivity contribution in [1.82, 2.24) is 29.6 Å². The molecule has 2 atom stereocenters. The molecule has 0 bridgehead atoms. The lowest BCUT2D eigenvalue weighted by Gasteiger charge is -2.43. The summed E-state index contributed by atoms with van der Waals surface area (Å²) in [5.41, 5.74) is -1.59. The number of nitrogens with one attached hydrogen (secondary N) is 2. The molecule has 2 heterocycles. The van der Waals surface area contributed by atoms with Gasteiger partial charge in [-0.25, -0.2) is 17.9 Å². The van der Waals surface area contributed by atoms with E-state index < -0.39 is 51.5 Å². The van der Waals surface area contributed by atoms with Crippen LogP contribution in [0.3, 0.4) is 0 Å². The molecule has 1 aromatic heterocycles. The number of alkyl halides is 3. The fraction of sp³-hybridized carbons (Fsp3) is 0.346. The van der Waals surface area contributed by atoms with Crippen molar-refractivity contribution in [3.8, 4) is 5.69 Å². The maximum absolute atomic E-state index is 13.5. The van der Waals surface area contributed by atoms with E-state index in [0.717, 1.165) is 10.9 Å². The summed E-state index contributed by atoms with van der Waals surface area (Å²) in [6.45, 7) is 3.52. The molecular formula is C26H29F3N6O4S. The van der Waals surface area contributed by atoms with Gasteiger partial charge in [0, 0.05) is 44.5 Å². The van der Waals surface area contributed by atoms with Crippen LogP contribution in [-0.2, 0) is 16.2 Å². The largest absolute Gasteiger partial charge is 0.435 e. The van der Waals surface area contributed by atoms with Gasteiger partial charge in [-0.1, -0.05) is 36.4 Å². The molecule has 0 saturated carbocycles. The van der Waals surface area contributed by atoms with Gasteiger partial charge in [0.1, 0.15) is 0 Å². The standard InChI is InChI=1S/C26H29F3N6O4S/c1-18-15-33(16-19(2)35(18)40(38,39)21-11-7-4-8-12-21)25(37)31-14-13-30-24(36)22-17-34(20-9-5-3-6-10-20)32-23(22)26(27,28)29/h3-12,17-19H,13-16H2,1-2H3,(H,30,36)(H,31,37). The van der Waals surface area contributed by atoms with Gasteiger partial charge >= 0.3 is 12.2 Å². The number of piperazine rings is 1. The third-order valence-electron chi connectivity index (χ3n) is 6.38. The summed E-state index contributed by atoms with van der Waals surface area (Å²) < 4.78 is 69.3. The number of amides is 3. The first-order valence-corrected chi connectivity index (χ1v) is 14.0. The van der Waals surface area contributed by atoms with Crippen molar-refractivity contribution in [2.45, 2.75) is 37.0 Å². The van der Waals surface area contributed by atoms with E-state index in [-0.39, 0.29) is 31.1 Å². The van der Waals surface area contributed by atoms with Crippen molar-refractivity contribution in [2.75, 3.05) is 26.2 Å². The molecule has 1 aliphatic rings. The minimum atomic E-state index is -4.84. The number of rotatable bonds is 7. The molecule has 214 valence electrons. The minimum Gasteiger partial charge on any atom is -0.350 e. The van der Waals surface area contributed by atoms with Crippen LogP contribution < -0.4 is 10.6 Å². The van der Waals surface area contributed by atoms with Crippen molar-refractivity contribution in [3.63, 3.8) is 0 Å². The quantitative estimate of drug-likeness (QED) is 0.418. The van der Waals surface area contributed by atoms with Gasteiger partial charge in [0.2, 0.25) is 10.0 Å². The van der Waals surface area contributed by atoms with Gasteiger partial charge in [-0.2, -0.15) is 22.6 Å². The SMILES string of the molecule is CC1CN(C(=O)NCCNC(=O)c2cn(-c3ccccc3)nc2C(F)(F)F)CC(C)N1S(=O)(=O)c1ccccc1. The number of urea groups is 1. The first-order chi connectivity index (χ1) is 18.9. The van der Waals surface area contributed by atoms with Crippen LogP contribution in [0.5, 0.6) is 0 Å². The number of hydrogen-bond acceptors (Lipinski definition) is 5. The average Bonchev–Trinajstić information content (AvgIpc) is 3.38. The number of benzene rings is 2. The van der Waals surface area contributed by atoms with Crippen LogP contribution >= 0.6 is 0 Å². The second-order valence-electron chi connectivity index (χ2n) is 9.41. The number of carbonyl (C=O) groups excluding carboxylic acids is 2. The van der Waals surface area contributed by atoms with Crippen molar-refractivity contribution in [3.05, 3.63) is 78.1 Å². The Labute approximate surface area is 229 Å². The summed E-state index contributed by atoms with van der Waals surface area (Å²) >= 11 is 0. The predicted molar refractivity (Wildman–Crippen MR) is 140 cm³/mol. The van der Waals surface area contributed by atoms with Gasteiger partial charge in [-0.05, 0) is 38.1 Å². The van der Waals surface area contributed by atoms with Crippen LogP contribution in [0.2, 0.25) is 0 Å². The van der Waals surface area contributed by atoms with Crippen LogP contribution in [0.1, 0.15) is 29.9 Å². The zero-order chi connectivity index (χ0) is 29.1. The Kier molecular flexibility index (Phi) is 8.49. The molecule has 1 aliphatic heterocycles. The molecule has 1 fully saturated rings. The number of sulfonamides is 1. The molecule has 4 rings (SSSR count). The van der Waals surface area contributed by atoms with Crippen LogP contribution in [-0.4, -0.2) is 77.6 Å². The first-order valence-electron chi connectivity index (χ1n) is 12.5. The second kappa shape index (κ2) is 11.7. The Bertz CT molecular complexity index is 1440. The molecule has 1 saturated heterocycles. The average molecular weight is 579 g/mol. The summed E-state index contributed by atoms with van der Waals surface area (Å²) in [4.78, 5) is 27.0. The lowest BCUT2D eigenvalue weighted by Crippen LogP contribution is -2.61. The Balaban J connectivity index is 1.33. The molecule has 14 heteroatoms. The maximum atomic E-state index is 13.5. The number of para-hydroxylation sites is 1. The predicted octanol–water partition coefficient (Wildman–Crippen LogP) is 3.11. The molecule has 0 aliphatic carbocycles. The van der Waals surface area contributed by atoms with E-state index >= 15 is 0 Å². The normalized spacial score (nSPS) is 18.4. The molecule has 10 nitrogen and oxygen atoms in total. The van der Waals surface area contributed by atoms with E-state index in [1.54, 1.807) is 62.4 Å². The van der Waals surface area contributed by atoms with Crippen molar-refractivity contribution in [2.24, 2.45) is 0 Å². The highest BCUT2D eigenvalue weighted by Gasteiger charge is 2.40. The van der Waals surface area contributed by atoms with Gasteiger partial charge in [0.05, 0.1) is 16.1 Å². The summed E-state index contributed by atoms with van der Waals surface area (Å²) in [5.74, 6) is -0.981. The molecule has 2 aromatic carbocycles. The number of aromatic nitrogens is 2. The lowest BCUT2D eigenvalue weighted by molar-refractivity contribution is -0.141. The summed E-state index contributed by atoms with van der Waals surface area (Å²) in [5, 5.41) is 8.56. The summed E-state index contributed by atoms with van der Waals surface area (Å²) in [7, 11) is -3.76. The van der Waals surface area contributed by atoms with Crippen LogP contribution in [0.25, 0.3) is 5.69 Å². The molecule has 2 unspecified atom stereocenters. The highest BCUT2D eigenvalue weighted by molar-refractivity contribution is 7.89. The van der Waals surface area contributed by atoms with E-state index in [9.17, 15) is 31.2 Å². The molecular weight excluding hydrogens is 549 g/mol. The van der Waals surface area contributed by atoms with Gasteiger partial charge < -0.3 is 15.5 Å². The number of carbonyl (C=O) groups is 2. The third-order valence-corrected chi connectivity index (χ3v) is 8.52. The topological polar surface area (TPSA) is 117 Å². The van der Waals surface area contributed by atoms with Crippen molar-refractivity contribution >= 4 is 22.0 Å². The second-order valence-corrected chi connectivity index (χ2v) is 11.3. The molecule has 3 amide bonds. The van der Waals surface area contributed by atoms with Crippen molar-refractivity contribution < 1.29 is 31.2 Å². The van der Waals surface area contributed by atoms with Crippen LogP contribution in [0, 0.1) is 0 Å². The summed E-state index contributed by atoms with van der Waals surface area (Å²) in [6.07, 6.45) is -3.83. The zero-order valence-electron chi connectivity index (χ0n) is 21.8. The maximum Gasteiger partial charge on any atom is 0.435 e. The van der Waals surface area contributed by atoms with Gasteiger partial charge in [-0.15, -0.1) is 0 Å². The third kappa shape index (κ3) is 6.28. The fourth-order valence-corrected chi connectivity index (χ4v) is 6.50. The smallest absolute Gasteiger partial charge is 0.350 e. The van der Waals surface area contributed by atoms with Gasteiger partial charge in [0.15, 0.2) is 5.69 Å². The summed E-state index contributed by atoms with van der Waals surface area (Å²) in [6, 6.07) is 14.7. The zero-order valence-corrected chi connectivity index (χ0v) is 22.6. The molecule has 40 heavy (non-hydrogen) atoms. The molecule has 2 N–H and O–H groups in total. The first kappa shape index (κ1) is 29.1. The van der Waals surface area contributed by atoms with Gasteiger partial charge in [-0.3, -0.25) is 4.79 Å². The number of nitrogens with zero attached hydrogens (tertiary/aromatic N) is 4. The highest BCUT2D eigenvalue weighted by Crippen LogP contribution is 2.31.